The number of hydrogen-bond donors (Lipinski definition) is 1. The molecule has 9 heteroatoms. The lowest BCUT2D eigenvalue weighted by Gasteiger charge is -2.11. The average molecular weight is 536 g/mol. The third-order valence-corrected chi connectivity index (χ3v) is 7.36. The lowest BCUT2D eigenvalue weighted by molar-refractivity contribution is 0.0687. The molecule has 4 aromatic carbocycles. The lowest BCUT2D eigenvalue weighted by Crippen LogP contribution is -2.10. The standard InChI is InChI=1S/C30H21N3O5S/c34-30(35)29-28(20-7-11-26-27(13-20)38-17-37-26)22-9-8-21(36-16-18-4-2-1-3-5-18)14-25(22)33(29)15-19-6-10-23-24(12-19)32-39-31-23/h1-14H,15-17H2,(H,34,35). The van der Waals surface area contributed by atoms with E-state index in [0.717, 1.165) is 50.4 Å². The second-order valence-electron chi connectivity index (χ2n) is 9.22. The molecule has 8 nitrogen and oxygen atoms in total. The molecule has 1 aliphatic rings. The van der Waals surface area contributed by atoms with Crippen molar-refractivity contribution in [3.8, 4) is 28.4 Å². The van der Waals surface area contributed by atoms with Crippen LogP contribution in [0.1, 0.15) is 21.6 Å². The fourth-order valence-corrected chi connectivity index (χ4v) is 5.52. The van der Waals surface area contributed by atoms with Gasteiger partial charge in [-0.25, -0.2) is 4.79 Å². The van der Waals surface area contributed by atoms with Crippen LogP contribution in [0.5, 0.6) is 17.2 Å². The Hall–Kier alpha value is -4.89. The molecule has 39 heavy (non-hydrogen) atoms. The molecule has 3 heterocycles. The zero-order valence-corrected chi connectivity index (χ0v) is 21.4. The first-order chi connectivity index (χ1) is 19.1. The minimum atomic E-state index is -1.03. The molecule has 0 fully saturated rings. The van der Waals surface area contributed by atoms with Crippen molar-refractivity contribution >= 4 is 39.6 Å². The molecule has 0 saturated carbocycles. The summed E-state index contributed by atoms with van der Waals surface area (Å²) >= 11 is 1.16. The van der Waals surface area contributed by atoms with Crippen molar-refractivity contribution in [2.75, 3.05) is 6.79 Å². The minimum absolute atomic E-state index is 0.141. The molecule has 1 aliphatic heterocycles. The fraction of sp³-hybridized carbons (Fsp3) is 0.100. The minimum Gasteiger partial charge on any atom is -0.489 e. The molecule has 192 valence electrons. The summed E-state index contributed by atoms with van der Waals surface area (Å²) in [7, 11) is 0. The van der Waals surface area contributed by atoms with Crippen LogP contribution in [0.15, 0.2) is 84.9 Å². The fourth-order valence-electron chi connectivity index (χ4n) is 5.00. The molecule has 0 aliphatic carbocycles. The van der Waals surface area contributed by atoms with E-state index in [-0.39, 0.29) is 12.5 Å². The van der Waals surface area contributed by atoms with E-state index in [1.807, 2.05) is 89.5 Å². The normalized spacial score (nSPS) is 12.3. The van der Waals surface area contributed by atoms with Gasteiger partial charge in [0.2, 0.25) is 6.79 Å². The third-order valence-electron chi connectivity index (χ3n) is 6.81. The van der Waals surface area contributed by atoms with E-state index < -0.39 is 5.97 Å². The summed E-state index contributed by atoms with van der Waals surface area (Å²) in [6.07, 6.45) is 0. The average Bonchev–Trinajstić information content (AvgIpc) is 3.69. The van der Waals surface area contributed by atoms with E-state index in [1.54, 1.807) is 0 Å². The van der Waals surface area contributed by atoms with Gasteiger partial charge in [-0.05, 0) is 53.1 Å². The second kappa shape index (κ2) is 9.45. The first-order valence-electron chi connectivity index (χ1n) is 12.3. The number of hydrogen-bond acceptors (Lipinski definition) is 7. The smallest absolute Gasteiger partial charge is 0.353 e. The van der Waals surface area contributed by atoms with Gasteiger partial charge in [0.05, 0.1) is 17.2 Å². The van der Waals surface area contributed by atoms with Gasteiger partial charge in [-0.15, -0.1) is 0 Å². The summed E-state index contributed by atoms with van der Waals surface area (Å²) in [5.41, 5.74) is 5.85. The zero-order chi connectivity index (χ0) is 26.3. The number of rotatable bonds is 7. The van der Waals surface area contributed by atoms with E-state index >= 15 is 0 Å². The van der Waals surface area contributed by atoms with Gasteiger partial charge in [-0.1, -0.05) is 42.5 Å². The van der Waals surface area contributed by atoms with Crippen molar-refractivity contribution in [1.29, 1.82) is 0 Å². The summed E-state index contributed by atoms with van der Waals surface area (Å²) in [4.78, 5) is 12.8. The Morgan fingerprint density at radius 3 is 2.62 bits per heavy atom. The van der Waals surface area contributed by atoms with Crippen molar-refractivity contribution in [2.45, 2.75) is 13.2 Å². The van der Waals surface area contributed by atoms with Gasteiger partial charge in [0.25, 0.3) is 0 Å². The van der Waals surface area contributed by atoms with Gasteiger partial charge in [0.15, 0.2) is 11.5 Å². The maximum atomic E-state index is 12.8. The van der Waals surface area contributed by atoms with Crippen LogP contribution in [0, 0.1) is 0 Å². The molecule has 0 atom stereocenters. The van der Waals surface area contributed by atoms with Gasteiger partial charge in [-0.2, -0.15) is 8.75 Å². The Balaban J connectivity index is 1.39. The number of carboxylic acids is 1. The molecule has 6 aromatic rings. The van der Waals surface area contributed by atoms with Crippen molar-refractivity contribution in [3.05, 3.63) is 102 Å². The van der Waals surface area contributed by atoms with Crippen LogP contribution in [0.3, 0.4) is 0 Å². The van der Waals surface area contributed by atoms with E-state index in [2.05, 4.69) is 8.75 Å². The number of carboxylic acid groups (broad SMARTS) is 1. The zero-order valence-electron chi connectivity index (χ0n) is 20.5. The largest absolute Gasteiger partial charge is 0.489 e. The summed E-state index contributed by atoms with van der Waals surface area (Å²) in [5, 5.41) is 11.3. The van der Waals surface area contributed by atoms with Crippen LogP contribution in [-0.2, 0) is 13.2 Å². The van der Waals surface area contributed by atoms with Crippen LogP contribution >= 0.6 is 11.7 Å². The van der Waals surface area contributed by atoms with E-state index in [4.69, 9.17) is 14.2 Å². The Bertz CT molecular complexity index is 1860. The van der Waals surface area contributed by atoms with Crippen molar-refractivity contribution in [2.24, 2.45) is 0 Å². The number of ether oxygens (including phenoxy) is 3. The highest BCUT2D eigenvalue weighted by Crippen LogP contribution is 2.42. The van der Waals surface area contributed by atoms with Crippen LogP contribution in [0.25, 0.3) is 33.1 Å². The Kier molecular flexibility index (Phi) is 5.63. The topological polar surface area (TPSA) is 95.7 Å². The summed E-state index contributed by atoms with van der Waals surface area (Å²) in [5.74, 6) is 0.857. The van der Waals surface area contributed by atoms with Gasteiger partial charge in [0, 0.05) is 23.6 Å². The number of benzene rings is 4. The SMILES string of the molecule is O=C(O)c1c(-c2ccc3c(c2)OCO3)c2ccc(OCc3ccccc3)cc2n1Cc1ccc2nsnc2c1. The molecule has 0 spiro atoms. The van der Waals surface area contributed by atoms with Gasteiger partial charge in [0.1, 0.15) is 29.1 Å². The van der Waals surface area contributed by atoms with E-state index in [0.29, 0.717) is 36.0 Å². The molecule has 1 N–H and O–H groups in total. The van der Waals surface area contributed by atoms with Crippen molar-refractivity contribution < 1.29 is 24.1 Å². The van der Waals surface area contributed by atoms with Crippen LogP contribution in [0.4, 0.5) is 0 Å². The molecule has 7 rings (SSSR count). The summed E-state index contributed by atoms with van der Waals surface area (Å²) in [6, 6.07) is 27.0. The lowest BCUT2D eigenvalue weighted by atomic mass is 10.0. The second-order valence-corrected chi connectivity index (χ2v) is 9.75. The van der Waals surface area contributed by atoms with Crippen molar-refractivity contribution in [3.63, 3.8) is 0 Å². The maximum absolute atomic E-state index is 12.8. The van der Waals surface area contributed by atoms with Gasteiger partial charge in [-0.3, -0.25) is 0 Å². The van der Waals surface area contributed by atoms with Gasteiger partial charge < -0.3 is 23.9 Å². The number of aromatic carboxylic acids is 1. The highest BCUT2D eigenvalue weighted by molar-refractivity contribution is 7.00. The Morgan fingerprint density at radius 1 is 0.897 bits per heavy atom. The highest BCUT2D eigenvalue weighted by atomic mass is 32.1. The molecule has 0 amide bonds. The number of nitrogens with zero attached hydrogens (tertiary/aromatic N) is 3. The first kappa shape index (κ1) is 23.2. The molecule has 2 aromatic heterocycles. The first-order valence-corrected chi connectivity index (χ1v) is 13.0. The maximum Gasteiger partial charge on any atom is 0.353 e. The Morgan fingerprint density at radius 2 is 1.74 bits per heavy atom. The third kappa shape index (κ3) is 4.22. The molecule has 0 unspecified atom stereocenters. The van der Waals surface area contributed by atoms with Crippen LogP contribution in [-0.4, -0.2) is 31.2 Å². The summed E-state index contributed by atoms with van der Waals surface area (Å²) in [6.45, 7) is 0.877. The summed E-state index contributed by atoms with van der Waals surface area (Å²) < 4.78 is 27.6. The monoisotopic (exact) mass is 535 g/mol. The van der Waals surface area contributed by atoms with Gasteiger partial charge >= 0.3 is 5.97 Å². The predicted octanol–water partition coefficient (Wildman–Crippen LogP) is 6.37. The molecule has 0 saturated heterocycles. The highest BCUT2D eigenvalue weighted by Gasteiger charge is 2.26. The van der Waals surface area contributed by atoms with Crippen LogP contribution in [0.2, 0.25) is 0 Å². The quantitative estimate of drug-likeness (QED) is 0.254. The molecule has 0 bridgehead atoms. The number of carbonyl (C=O) groups is 1. The molecule has 0 radical (unpaired) electrons. The van der Waals surface area contributed by atoms with Crippen LogP contribution < -0.4 is 14.2 Å². The van der Waals surface area contributed by atoms with Crippen molar-refractivity contribution in [1.82, 2.24) is 13.3 Å². The number of fused-ring (bicyclic) bond motifs is 3. The molecular weight excluding hydrogens is 514 g/mol. The van der Waals surface area contributed by atoms with E-state index in [9.17, 15) is 9.90 Å². The predicted molar refractivity (Wildman–Crippen MR) is 148 cm³/mol. The van der Waals surface area contributed by atoms with E-state index in [1.165, 1.54) is 0 Å². The molecular formula is C30H21N3O5S. The Labute approximate surface area is 226 Å². The number of aromatic nitrogens is 3.